The molecule has 2 unspecified atom stereocenters. The molecule has 0 heterocycles. The molecule has 1 fully saturated rings. The summed E-state index contributed by atoms with van der Waals surface area (Å²) in [7, 11) is 0. The van der Waals surface area contributed by atoms with Crippen molar-refractivity contribution in [2.24, 2.45) is 16.7 Å². The predicted molar refractivity (Wildman–Crippen MR) is 69.0 cm³/mol. The Hall–Kier alpha value is 0. The van der Waals surface area contributed by atoms with Gasteiger partial charge in [-0.05, 0) is 36.0 Å². The molecule has 0 aromatic carbocycles. The summed E-state index contributed by atoms with van der Waals surface area (Å²) in [6, 6.07) is 0. The van der Waals surface area contributed by atoms with Gasteiger partial charge in [-0.25, -0.2) is 0 Å². The molecule has 1 saturated carbocycles. The van der Waals surface area contributed by atoms with Gasteiger partial charge in [-0.3, -0.25) is 0 Å². The molecule has 2 atom stereocenters. The van der Waals surface area contributed by atoms with E-state index in [4.69, 9.17) is 0 Å². The zero-order valence-corrected chi connectivity index (χ0v) is 11.5. The highest BCUT2D eigenvalue weighted by Crippen LogP contribution is 2.63. The van der Waals surface area contributed by atoms with Crippen LogP contribution in [0.4, 0.5) is 0 Å². The van der Waals surface area contributed by atoms with Gasteiger partial charge >= 0.3 is 0 Å². The van der Waals surface area contributed by atoms with Gasteiger partial charge in [-0.2, -0.15) is 0 Å². The Morgan fingerprint density at radius 1 is 1.07 bits per heavy atom. The first kappa shape index (κ1) is 13.1. The van der Waals surface area contributed by atoms with Crippen LogP contribution >= 0.6 is 0 Å². The van der Waals surface area contributed by atoms with Gasteiger partial charge in [0.2, 0.25) is 0 Å². The molecule has 0 aromatic heterocycles. The van der Waals surface area contributed by atoms with Crippen molar-refractivity contribution in [3.63, 3.8) is 0 Å². The molecule has 1 rings (SSSR count). The van der Waals surface area contributed by atoms with E-state index in [1.165, 1.54) is 44.9 Å². The normalized spacial score (nSPS) is 27.4. The zero-order chi connectivity index (χ0) is 11.5. The van der Waals surface area contributed by atoms with Gasteiger partial charge in [0.05, 0.1) is 0 Å². The second-order valence-electron chi connectivity index (χ2n) is 6.61. The van der Waals surface area contributed by atoms with Crippen molar-refractivity contribution in [1.82, 2.24) is 0 Å². The van der Waals surface area contributed by atoms with E-state index < -0.39 is 0 Å². The molecule has 90 valence electrons. The van der Waals surface area contributed by atoms with E-state index in [-0.39, 0.29) is 0 Å². The average molecular weight is 210 g/mol. The minimum Gasteiger partial charge on any atom is -0.0654 e. The maximum absolute atomic E-state index is 2.55. The minimum absolute atomic E-state index is 0.646. The first-order valence-corrected chi connectivity index (χ1v) is 6.96. The van der Waals surface area contributed by atoms with E-state index in [1.807, 2.05) is 0 Å². The highest BCUT2D eigenvalue weighted by Gasteiger charge is 2.54. The molecule has 0 aliphatic heterocycles. The van der Waals surface area contributed by atoms with Crippen LogP contribution < -0.4 is 0 Å². The molecule has 1 aliphatic carbocycles. The van der Waals surface area contributed by atoms with Crippen molar-refractivity contribution in [2.75, 3.05) is 0 Å². The summed E-state index contributed by atoms with van der Waals surface area (Å²) >= 11 is 0. The van der Waals surface area contributed by atoms with Crippen LogP contribution in [-0.2, 0) is 0 Å². The minimum atomic E-state index is 0.646. The molecule has 0 heteroatoms. The van der Waals surface area contributed by atoms with Gasteiger partial charge in [0, 0.05) is 0 Å². The van der Waals surface area contributed by atoms with Crippen LogP contribution in [0.2, 0.25) is 0 Å². The smallest absolute Gasteiger partial charge is 0.0292 e. The Balaban J connectivity index is 2.47. The lowest BCUT2D eigenvalue weighted by atomic mass is 9.74. The van der Waals surface area contributed by atoms with Gasteiger partial charge in [0.25, 0.3) is 0 Å². The van der Waals surface area contributed by atoms with E-state index in [2.05, 4.69) is 34.6 Å². The monoisotopic (exact) mass is 210 g/mol. The van der Waals surface area contributed by atoms with Gasteiger partial charge in [-0.1, -0.05) is 60.3 Å². The van der Waals surface area contributed by atoms with Crippen molar-refractivity contribution < 1.29 is 0 Å². The van der Waals surface area contributed by atoms with E-state index in [0.717, 1.165) is 5.92 Å². The largest absolute Gasteiger partial charge is 0.0654 e. The molecule has 0 aromatic rings. The summed E-state index contributed by atoms with van der Waals surface area (Å²) in [5.41, 5.74) is 1.30. The number of rotatable bonds is 7. The Labute approximate surface area is 96.8 Å². The van der Waals surface area contributed by atoms with Gasteiger partial charge in [-0.15, -0.1) is 0 Å². The number of unbranched alkanes of at least 4 members (excludes halogenated alkanes) is 2. The van der Waals surface area contributed by atoms with Gasteiger partial charge in [0.15, 0.2) is 0 Å². The summed E-state index contributed by atoms with van der Waals surface area (Å²) < 4.78 is 0. The molecule has 15 heavy (non-hydrogen) atoms. The van der Waals surface area contributed by atoms with Crippen LogP contribution in [0.15, 0.2) is 0 Å². The fourth-order valence-corrected chi connectivity index (χ4v) is 3.48. The van der Waals surface area contributed by atoms with Crippen LogP contribution in [0.3, 0.4) is 0 Å². The molecule has 1 aliphatic rings. The summed E-state index contributed by atoms with van der Waals surface area (Å²) in [5, 5.41) is 0. The molecule has 0 spiro atoms. The molecule has 0 N–H and O–H groups in total. The van der Waals surface area contributed by atoms with E-state index >= 15 is 0 Å². The summed E-state index contributed by atoms with van der Waals surface area (Å²) in [5.74, 6) is 1.00. The second kappa shape index (κ2) is 4.89. The fraction of sp³-hybridized carbons (Fsp3) is 1.00. The molecule has 0 nitrogen and oxygen atoms in total. The molecular weight excluding hydrogens is 180 g/mol. The maximum atomic E-state index is 2.55. The molecule has 0 bridgehead atoms. The quantitative estimate of drug-likeness (QED) is 0.492. The van der Waals surface area contributed by atoms with Crippen LogP contribution in [0.1, 0.15) is 79.6 Å². The molecule has 0 radical (unpaired) electrons. The Bertz CT molecular complexity index is 192. The lowest BCUT2D eigenvalue weighted by molar-refractivity contribution is 0.190. The van der Waals surface area contributed by atoms with Crippen molar-refractivity contribution in [1.29, 1.82) is 0 Å². The second-order valence-corrected chi connectivity index (χ2v) is 6.61. The third kappa shape index (κ3) is 3.23. The number of hydrogen-bond donors (Lipinski definition) is 0. The van der Waals surface area contributed by atoms with Crippen LogP contribution in [-0.4, -0.2) is 0 Å². The van der Waals surface area contributed by atoms with Gasteiger partial charge < -0.3 is 0 Å². The topological polar surface area (TPSA) is 0 Å². The molecular formula is C15H30. The summed E-state index contributed by atoms with van der Waals surface area (Å²) in [4.78, 5) is 0. The van der Waals surface area contributed by atoms with Gasteiger partial charge in [0.1, 0.15) is 0 Å². The van der Waals surface area contributed by atoms with E-state index in [0.29, 0.717) is 10.8 Å². The predicted octanol–water partition coefficient (Wildman–Crippen LogP) is 5.42. The van der Waals surface area contributed by atoms with E-state index in [1.54, 1.807) is 0 Å². The lowest BCUT2D eigenvalue weighted by Gasteiger charge is -2.31. The Morgan fingerprint density at radius 3 is 2.07 bits per heavy atom. The maximum Gasteiger partial charge on any atom is -0.0292 e. The SMILES string of the molecule is CCCCCC(C)(CCC)C1CC1(C)C. The van der Waals surface area contributed by atoms with Crippen molar-refractivity contribution in [2.45, 2.75) is 79.6 Å². The average Bonchev–Trinajstić information content (AvgIpc) is 2.77. The summed E-state index contributed by atoms with van der Waals surface area (Å²) in [6.45, 7) is 12.1. The Morgan fingerprint density at radius 2 is 1.67 bits per heavy atom. The van der Waals surface area contributed by atoms with Crippen LogP contribution in [0.5, 0.6) is 0 Å². The van der Waals surface area contributed by atoms with E-state index in [9.17, 15) is 0 Å². The fourth-order valence-electron chi connectivity index (χ4n) is 3.48. The van der Waals surface area contributed by atoms with Crippen molar-refractivity contribution in [3.8, 4) is 0 Å². The Kier molecular flexibility index (Phi) is 4.26. The summed E-state index contributed by atoms with van der Waals surface area (Å²) in [6.07, 6.45) is 9.95. The van der Waals surface area contributed by atoms with Crippen LogP contribution in [0, 0.1) is 16.7 Å². The zero-order valence-electron chi connectivity index (χ0n) is 11.5. The highest BCUT2D eigenvalue weighted by atomic mass is 14.6. The molecule has 0 saturated heterocycles. The third-order valence-corrected chi connectivity index (χ3v) is 4.53. The highest BCUT2D eigenvalue weighted by molar-refractivity contribution is 5.03. The van der Waals surface area contributed by atoms with Crippen molar-refractivity contribution in [3.05, 3.63) is 0 Å². The first-order chi connectivity index (χ1) is 6.96. The third-order valence-electron chi connectivity index (χ3n) is 4.53. The van der Waals surface area contributed by atoms with Crippen molar-refractivity contribution >= 4 is 0 Å². The standard InChI is InChI=1S/C15H30/c1-6-8-9-11-15(5,10-7-2)13-12-14(13,3)4/h13H,6-12H2,1-5H3. The van der Waals surface area contributed by atoms with Crippen LogP contribution in [0.25, 0.3) is 0 Å². The lowest BCUT2D eigenvalue weighted by Crippen LogP contribution is -2.21. The number of hydrogen-bond acceptors (Lipinski definition) is 0. The first-order valence-electron chi connectivity index (χ1n) is 6.96. The molecule has 0 amide bonds.